The molecular weight excluding hydrogens is 622 g/mol. The molecule has 1 saturated carbocycles. The van der Waals surface area contributed by atoms with Crippen molar-refractivity contribution < 1.29 is 38.5 Å². The number of carboxylic acid groups (broad SMARTS) is 1. The first-order valence-electron chi connectivity index (χ1n) is 9.25. The van der Waals surface area contributed by atoms with Crippen LogP contribution in [0.2, 0.25) is 0 Å². The van der Waals surface area contributed by atoms with E-state index in [0.29, 0.717) is 20.0 Å². The lowest BCUT2D eigenvalue weighted by Gasteiger charge is -2.26. The smallest absolute Gasteiger partial charge is 0.347 e. The summed E-state index contributed by atoms with van der Waals surface area (Å²) in [4.78, 5) is 49.2. The third-order valence-corrected chi connectivity index (χ3v) is 7.01. The molecule has 8 nitrogen and oxygen atoms in total. The van der Waals surface area contributed by atoms with Gasteiger partial charge in [0.05, 0.1) is 22.0 Å². The second-order valence-electron chi connectivity index (χ2n) is 7.37. The largest absolute Gasteiger partial charge is 0.478 e. The molecule has 1 aromatic rings. The summed E-state index contributed by atoms with van der Waals surface area (Å²) in [5.74, 6) is -5.11. The second kappa shape index (κ2) is 8.44. The molecule has 5 atom stereocenters. The van der Waals surface area contributed by atoms with Gasteiger partial charge in [-0.1, -0.05) is 12.2 Å². The summed E-state index contributed by atoms with van der Waals surface area (Å²) in [6.07, 6.45) is 3.70. The van der Waals surface area contributed by atoms with Gasteiger partial charge in [-0.05, 0) is 75.6 Å². The fourth-order valence-electron chi connectivity index (χ4n) is 4.26. The third-order valence-electron chi connectivity index (χ3n) is 5.59. The Labute approximate surface area is 198 Å². The number of ether oxygens (including phenoxy) is 3. The summed E-state index contributed by atoms with van der Waals surface area (Å²) >= 11 is 3.90. The maximum Gasteiger partial charge on any atom is 0.347 e. The predicted octanol–water partition coefficient (Wildman–Crippen LogP) is 2.80. The van der Waals surface area contributed by atoms with Gasteiger partial charge in [-0.15, -0.1) is 0 Å². The molecule has 2 bridgehead atoms. The molecule has 3 aliphatic rings. The number of carboxylic acids is 1. The molecule has 1 saturated heterocycles. The molecule has 0 radical (unpaired) electrons. The van der Waals surface area contributed by atoms with Gasteiger partial charge < -0.3 is 19.3 Å². The number of esters is 3. The molecule has 0 aromatic heterocycles. The molecule has 30 heavy (non-hydrogen) atoms. The number of carbonyl (C=O) groups is 4. The normalized spacial score (nSPS) is 29.0. The van der Waals surface area contributed by atoms with Crippen molar-refractivity contribution in [1.82, 2.24) is 0 Å². The lowest BCUT2D eigenvalue weighted by molar-refractivity contribution is -0.167. The van der Waals surface area contributed by atoms with Crippen LogP contribution in [-0.4, -0.2) is 41.7 Å². The maximum atomic E-state index is 13.1. The van der Waals surface area contributed by atoms with E-state index in [9.17, 15) is 24.3 Å². The second-order valence-corrected chi connectivity index (χ2v) is 9.78. The quantitative estimate of drug-likeness (QED) is 0.227. The molecule has 0 spiro atoms. The van der Waals surface area contributed by atoms with Crippen LogP contribution in [0.3, 0.4) is 0 Å². The van der Waals surface area contributed by atoms with Crippen molar-refractivity contribution in [2.45, 2.75) is 18.9 Å². The van der Waals surface area contributed by atoms with Crippen molar-refractivity contribution in [3.05, 3.63) is 37.0 Å². The van der Waals surface area contributed by atoms with E-state index in [1.165, 1.54) is 6.07 Å². The van der Waals surface area contributed by atoms with Crippen molar-refractivity contribution in [3.63, 3.8) is 0 Å². The first kappa shape index (κ1) is 21.5. The number of benzene rings is 1. The standard InChI is InChI=1S/C20H16I2O8/c21-10-6-11(17(23)24)16(12(22)7-10)30-20(27)15-9-2-1-8(5-9)14(15)19(26)29-13-3-4-28-18(13)25/h1-2,6-9,13-15H,3-5H2,(H,23,24). The zero-order valence-corrected chi connectivity index (χ0v) is 19.7. The van der Waals surface area contributed by atoms with Crippen LogP contribution in [0.5, 0.6) is 5.75 Å². The van der Waals surface area contributed by atoms with Crippen molar-refractivity contribution in [2.24, 2.45) is 23.7 Å². The number of hydrogen-bond donors (Lipinski definition) is 1. The van der Waals surface area contributed by atoms with Crippen LogP contribution in [0.25, 0.3) is 0 Å². The average Bonchev–Trinajstić information content (AvgIpc) is 3.39. The number of fused-ring (bicyclic) bond motifs is 2. The molecule has 2 aliphatic carbocycles. The molecule has 2 fully saturated rings. The molecule has 0 amide bonds. The summed E-state index contributed by atoms with van der Waals surface area (Å²) in [6.45, 7) is 0.197. The van der Waals surface area contributed by atoms with Crippen molar-refractivity contribution in [1.29, 1.82) is 0 Å². The molecular formula is C20H16I2O8. The number of rotatable bonds is 5. The molecule has 4 rings (SSSR count). The summed E-state index contributed by atoms with van der Waals surface area (Å²) in [7, 11) is 0. The van der Waals surface area contributed by atoms with Crippen LogP contribution in [0, 0.1) is 30.8 Å². The molecule has 1 heterocycles. The van der Waals surface area contributed by atoms with Gasteiger partial charge in [-0.25, -0.2) is 9.59 Å². The van der Waals surface area contributed by atoms with E-state index in [4.69, 9.17) is 14.2 Å². The Morgan fingerprint density at radius 1 is 1.07 bits per heavy atom. The summed E-state index contributed by atoms with van der Waals surface area (Å²) in [5, 5.41) is 9.50. The molecule has 10 heteroatoms. The van der Waals surface area contributed by atoms with Gasteiger partial charge in [-0.2, -0.15) is 0 Å². The van der Waals surface area contributed by atoms with Gasteiger partial charge in [0, 0.05) is 9.99 Å². The lowest BCUT2D eigenvalue weighted by Crippen LogP contribution is -2.38. The number of aromatic carboxylic acids is 1. The summed E-state index contributed by atoms with van der Waals surface area (Å²) < 4.78 is 16.9. The fourth-order valence-corrected chi connectivity index (χ4v) is 6.21. The molecule has 158 valence electrons. The Morgan fingerprint density at radius 3 is 2.33 bits per heavy atom. The van der Waals surface area contributed by atoms with Crippen LogP contribution in [0.15, 0.2) is 24.3 Å². The van der Waals surface area contributed by atoms with E-state index in [2.05, 4.69) is 0 Å². The van der Waals surface area contributed by atoms with Crippen LogP contribution in [0.1, 0.15) is 23.2 Å². The van der Waals surface area contributed by atoms with Gasteiger partial charge in [0.25, 0.3) is 0 Å². The Bertz CT molecular complexity index is 972. The number of cyclic esters (lactones) is 1. The molecule has 1 aromatic carbocycles. The number of allylic oxidation sites excluding steroid dienone is 2. The lowest BCUT2D eigenvalue weighted by atomic mass is 9.83. The van der Waals surface area contributed by atoms with E-state index < -0.39 is 41.8 Å². The van der Waals surface area contributed by atoms with Crippen LogP contribution >= 0.6 is 45.2 Å². The van der Waals surface area contributed by atoms with E-state index in [-0.39, 0.29) is 29.8 Å². The number of carbonyl (C=O) groups excluding carboxylic acids is 3. The molecule has 1 aliphatic heterocycles. The maximum absolute atomic E-state index is 13.1. The highest BCUT2D eigenvalue weighted by molar-refractivity contribution is 14.1. The predicted molar refractivity (Wildman–Crippen MR) is 118 cm³/mol. The first-order chi connectivity index (χ1) is 14.3. The number of halogens is 2. The van der Waals surface area contributed by atoms with Crippen molar-refractivity contribution >= 4 is 69.1 Å². The van der Waals surface area contributed by atoms with Crippen LogP contribution in [0.4, 0.5) is 0 Å². The van der Waals surface area contributed by atoms with Gasteiger partial charge in [0.1, 0.15) is 5.56 Å². The highest BCUT2D eigenvalue weighted by Gasteiger charge is 2.54. The Kier molecular flexibility index (Phi) is 6.06. The first-order valence-corrected chi connectivity index (χ1v) is 11.4. The van der Waals surface area contributed by atoms with Gasteiger partial charge in [-0.3, -0.25) is 9.59 Å². The zero-order valence-electron chi connectivity index (χ0n) is 15.4. The average molecular weight is 638 g/mol. The fraction of sp³-hybridized carbons (Fsp3) is 0.400. The summed E-state index contributed by atoms with van der Waals surface area (Å²) in [6, 6.07) is 3.13. The van der Waals surface area contributed by atoms with E-state index in [1.54, 1.807) is 6.07 Å². The Morgan fingerprint density at radius 2 is 1.73 bits per heavy atom. The van der Waals surface area contributed by atoms with Crippen molar-refractivity contribution in [3.8, 4) is 5.75 Å². The molecule has 5 unspecified atom stereocenters. The Hall–Kier alpha value is -1.70. The topological polar surface area (TPSA) is 116 Å². The minimum Gasteiger partial charge on any atom is -0.478 e. The highest BCUT2D eigenvalue weighted by Crippen LogP contribution is 2.49. The van der Waals surface area contributed by atoms with E-state index >= 15 is 0 Å². The zero-order chi connectivity index (χ0) is 21.6. The summed E-state index contributed by atoms with van der Waals surface area (Å²) in [5.41, 5.74) is -0.119. The van der Waals surface area contributed by atoms with Crippen molar-refractivity contribution in [2.75, 3.05) is 6.61 Å². The van der Waals surface area contributed by atoms with Crippen LogP contribution < -0.4 is 4.74 Å². The monoisotopic (exact) mass is 638 g/mol. The minimum atomic E-state index is -1.21. The van der Waals surface area contributed by atoms with Gasteiger partial charge in [0.2, 0.25) is 6.10 Å². The van der Waals surface area contributed by atoms with E-state index in [0.717, 1.165) is 0 Å². The van der Waals surface area contributed by atoms with Gasteiger partial charge >= 0.3 is 23.9 Å². The van der Waals surface area contributed by atoms with E-state index in [1.807, 2.05) is 57.3 Å². The third kappa shape index (κ3) is 3.95. The van der Waals surface area contributed by atoms with Crippen LogP contribution in [-0.2, 0) is 23.9 Å². The highest BCUT2D eigenvalue weighted by atomic mass is 127. The Balaban J connectivity index is 1.57. The molecule has 1 N–H and O–H groups in total. The number of hydrogen-bond acceptors (Lipinski definition) is 7. The SMILES string of the molecule is O=C(O)c1cc(I)cc(I)c1OC(=O)C1C2C=CC(C2)C1C(=O)OC1CCOC1=O. The minimum absolute atomic E-state index is 0.0354. The van der Waals surface area contributed by atoms with Gasteiger partial charge in [0.15, 0.2) is 5.75 Å².